The van der Waals surface area contributed by atoms with Crippen LogP contribution in [0.4, 0.5) is 0 Å². The van der Waals surface area contributed by atoms with E-state index in [9.17, 15) is 5.11 Å². The van der Waals surface area contributed by atoms with Gasteiger partial charge in [0.05, 0.1) is 4.70 Å². The van der Waals surface area contributed by atoms with Gasteiger partial charge in [0.2, 0.25) is 0 Å². The predicted octanol–water partition coefficient (Wildman–Crippen LogP) is 4.75. The Morgan fingerprint density at radius 1 is 0.875 bits per heavy atom. The molecule has 0 atom stereocenters. The maximum absolute atomic E-state index is 10.3. The highest BCUT2D eigenvalue weighted by atomic mass is 32.1. The van der Waals surface area contributed by atoms with Gasteiger partial charge >= 0.3 is 0 Å². The van der Waals surface area contributed by atoms with Crippen LogP contribution in [-0.2, 0) is 0 Å². The van der Waals surface area contributed by atoms with Crippen LogP contribution in [0, 0.1) is 20.8 Å². The largest absolute Gasteiger partial charge is 0.506 e. The van der Waals surface area contributed by atoms with Crippen molar-refractivity contribution < 1.29 is 5.11 Å². The smallest absolute Gasteiger partial charge is 0.142 e. The van der Waals surface area contributed by atoms with E-state index in [0.29, 0.717) is 5.75 Å². The Morgan fingerprint density at radius 2 is 1.44 bits per heavy atom. The van der Waals surface area contributed by atoms with Gasteiger partial charge in [0.15, 0.2) is 0 Å². The zero-order valence-electron chi connectivity index (χ0n) is 9.42. The molecule has 0 amide bonds. The van der Waals surface area contributed by atoms with E-state index < -0.39 is 0 Å². The Hall–Kier alpha value is -1.06. The van der Waals surface area contributed by atoms with Crippen LogP contribution in [0.15, 0.2) is 12.1 Å². The van der Waals surface area contributed by atoms with Crippen molar-refractivity contribution in [2.45, 2.75) is 20.8 Å². The van der Waals surface area contributed by atoms with Gasteiger partial charge in [-0.05, 0) is 38.5 Å². The van der Waals surface area contributed by atoms with E-state index in [4.69, 9.17) is 0 Å². The fourth-order valence-electron chi connectivity index (χ4n) is 2.18. The second-order valence-corrected chi connectivity index (χ2v) is 6.69. The molecule has 1 N–H and O–H groups in total. The standard InChI is InChI=1S/C13H12OS2/c1-6-4-9-8(3)12-10(5-7(2)15-12)11(14)13(9)16-6/h4-5,14H,1-3H3. The molecular formula is C13H12OS2. The van der Waals surface area contributed by atoms with Crippen LogP contribution in [0.25, 0.3) is 20.2 Å². The molecule has 0 aliphatic heterocycles. The Labute approximate surface area is 102 Å². The number of phenolic OH excluding ortho intramolecular Hbond substituents is 1. The van der Waals surface area contributed by atoms with E-state index in [2.05, 4.69) is 32.9 Å². The lowest BCUT2D eigenvalue weighted by molar-refractivity contribution is 0.488. The summed E-state index contributed by atoms with van der Waals surface area (Å²) < 4.78 is 2.25. The third-order valence-corrected chi connectivity index (χ3v) is 5.15. The molecule has 0 aliphatic rings. The summed E-state index contributed by atoms with van der Waals surface area (Å²) in [4.78, 5) is 2.51. The average Bonchev–Trinajstić information content (AvgIpc) is 2.78. The number of aromatic hydroxyl groups is 1. The lowest BCUT2D eigenvalue weighted by Crippen LogP contribution is -1.75. The fourth-order valence-corrected chi connectivity index (χ4v) is 4.24. The molecule has 0 saturated carbocycles. The summed E-state index contributed by atoms with van der Waals surface area (Å²) in [5.41, 5.74) is 1.30. The number of benzene rings is 1. The summed E-state index contributed by atoms with van der Waals surface area (Å²) in [7, 11) is 0. The lowest BCUT2D eigenvalue weighted by Gasteiger charge is -2.02. The topological polar surface area (TPSA) is 20.2 Å². The molecule has 0 bridgehead atoms. The van der Waals surface area contributed by atoms with Crippen molar-refractivity contribution >= 4 is 42.8 Å². The first kappa shape index (κ1) is 10.1. The number of phenols is 1. The summed E-state index contributed by atoms with van der Waals surface area (Å²) in [5, 5.41) is 12.5. The van der Waals surface area contributed by atoms with Crippen LogP contribution in [0.5, 0.6) is 5.75 Å². The number of aryl methyl sites for hydroxylation is 3. The van der Waals surface area contributed by atoms with E-state index in [1.807, 2.05) is 0 Å². The van der Waals surface area contributed by atoms with Gasteiger partial charge in [-0.15, -0.1) is 22.7 Å². The van der Waals surface area contributed by atoms with Gasteiger partial charge in [-0.1, -0.05) is 0 Å². The number of thiophene rings is 2. The van der Waals surface area contributed by atoms with Gasteiger partial charge in [-0.25, -0.2) is 0 Å². The highest BCUT2D eigenvalue weighted by Gasteiger charge is 2.14. The molecule has 2 aromatic heterocycles. The van der Waals surface area contributed by atoms with Crippen LogP contribution in [0.3, 0.4) is 0 Å². The maximum Gasteiger partial charge on any atom is 0.142 e. The van der Waals surface area contributed by atoms with E-state index in [1.54, 1.807) is 22.7 Å². The average molecular weight is 248 g/mol. The third kappa shape index (κ3) is 1.22. The zero-order valence-corrected chi connectivity index (χ0v) is 11.1. The molecule has 82 valence electrons. The van der Waals surface area contributed by atoms with E-state index in [-0.39, 0.29) is 0 Å². The second-order valence-electron chi connectivity index (χ2n) is 4.17. The monoisotopic (exact) mass is 248 g/mol. The van der Waals surface area contributed by atoms with Crippen molar-refractivity contribution in [3.8, 4) is 5.75 Å². The van der Waals surface area contributed by atoms with Gasteiger partial charge in [0.1, 0.15) is 5.75 Å². The Bertz CT molecular complexity index is 589. The lowest BCUT2D eigenvalue weighted by atomic mass is 10.1. The van der Waals surface area contributed by atoms with Gasteiger partial charge in [-0.3, -0.25) is 0 Å². The first-order valence-electron chi connectivity index (χ1n) is 5.19. The Morgan fingerprint density at radius 3 is 2.12 bits per heavy atom. The normalized spacial score (nSPS) is 11.7. The van der Waals surface area contributed by atoms with Crippen molar-refractivity contribution in [1.29, 1.82) is 0 Å². The van der Waals surface area contributed by atoms with Crippen molar-refractivity contribution in [2.24, 2.45) is 0 Å². The number of hydrogen-bond donors (Lipinski definition) is 1. The minimum atomic E-state index is 0.457. The summed E-state index contributed by atoms with van der Waals surface area (Å²) in [5.74, 6) is 0.457. The molecule has 3 aromatic rings. The highest BCUT2D eigenvalue weighted by Crippen LogP contribution is 2.44. The Balaban J connectivity index is 2.63. The van der Waals surface area contributed by atoms with E-state index in [0.717, 1.165) is 10.1 Å². The fraction of sp³-hybridized carbons (Fsp3) is 0.231. The zero-order chi connectivity index (χ0) is 11.4. The molecule has 0 aliphatic carbocycles. The van der Waals surface area contributed by atoms with E-state index in [1.165, 1.54) is 25.4 Å². The first-order valence-corrected chi connectivity index (χ1v) is 6.83. The van der Waals surface area contributed by atoms with Crippen molar-refractivity contribution in [2.75, 3.05) is 0 Å². The van der Waals surface area contributed by atoms with Crippen molar-refractivity contribution in [1.82, 2.24) is 0 Å². The number of hydrogen-bond acceptors (Lipinski definition) is 3. The van der Waals surface area contributed by atoms with E-state index >= 15 is 0 Å². The highest BCUT2D eigenvalue weighted by molar-refractivity contribution is 7.21. The van der Waals surface area contributed by atoms with Crippen LogP contribution < -0.4 is 0 Å². The number of fused-ring (bicyclic) bond motifs is 2. The molecule has 1 aromatic carbocycles. The molecule has 0 spiro atoms. The molecule has 0 fully saturated rings. The van der Waals surface area contributed by atoms with Gasteiger partial charge < -0.3 is 5.11 Å². The van der Waals surface area contributed by atoms with Crippen molar-refractivity contribution in [3.05, 3.63) is 27.5 Å². The molecule has 1 nitrogen and oxygen atoms in total. The number of rotatable bonds is 0. The van der Waals surface area contributed by atoms with Gasteiger partial charge in [-0.2, -0.15) is 0 Å². The van der Waals surface area contributed by atoms with Gasteiger partial charge in [0, 0.05) is 25.2 Å². The second kappa shape index (κ2) is 3.22. The molecule has 3 rings (SSSR count). The predicted molar refractivity (Wildman–Crippen MR) is 73.1 cm³/mol. The molecule has 3 heteroatoms. The molecule has 0 saturated heterocycles. The molecular weight excluding hydrogens is 236 g/mol. The summed E-state index contributed by atoms with van der Waals surface area (Å²) >= 11 is 3.43. The molecule has 0 unspecified atom stereocenters. The summed E-state index contributed by atoms with van der Waals surface area (Å²) in [6.45, 7) is 6.32. The Kier molecular flexibility index (Phi) is 2.03. The summed E-state index contributed by atoms with van der Waals surface area (Å²) in [6.07, 6.45) is 0. The summed E-state index contributed by atoms with van der Waals surface area (Å²) in [6, 6.07) is 4.25. The quantitative estimate of drug-likeness (QED) is 0.609. The minimum absolute atomic E-state index is 0.457. The van der Waals surface area contributed by atoms with Crippen LogP contribution in [0.1, 0.15) is 15.3 Å². The first-order chi connectivity index (χ1) is 7.58. The SMILES string of the molecule is Cc1cc2c(O)c3sc(C)cc3c(C)c2s1. The molecule has 2 heterocycles. The molecule has 0 radical (unpaired) electrons. The third-order valence-electron chi connectivity index (χ3n) is 2.93. The molecule has 16 heavy (non-hydrogen) atoms. The van der Waals surface area contributed by atoms with Crippen molar-refractivity contribution in [3.63, 3.8) is 0 Å². The van der Waals surface area contributed by atoms with Gasteiger partial charge in [0.25, 0.3) is 0 Å². The van der Waals surface area contributed by atoms with Crippen LogP contribution >= 0.6 is 22.7 Å². The minimum Gasteiger partial charge on any atom is -0.506 e. The van der Waals surface area contributed by atoms with Crippen LogP contribution in [0.2, 0.25) is 0 Å². The maximum atomic E-state index is 10.3. The van der Waals surface area contributed by atoms with Crippen LogP contribution in [-0.4, -0.2) is 5.11 Å².